The maximum Gasteiger partial charge on any atom is 0.224 e. The van der Waals surface area contributed by atoms with Crippen LogP contribution >= 0.6 is 23.2 Å². The van der Waals surface area contributed by atoms with Gasteiger partial charge in [-0.3, -0.25) is 9.59 Å². The Morgan fingerprint density at radius 1 is 0.765 bits per heavy atom. The largest absolute Gasteiger partial charge is 0.369 e. The highest BCUT2D eigenvalue weighted by molar-refractivity contribution is 6.31. The smallest absolute Gasteiger partial charge is 0.224 e. The first kappa shape index (κ1) is 12.9. The lowest BCUT2D eigenvalue weighted by atomic mass is 9.82. The van der Waals surface area contributed by atoms with Crippen LogP contribution in [0.25, 0.3) is 11.1 Å². The van der Waals surface area contributed by atoms with Gasteiger partial charge in [-0.05, 0) is 120 Å². The van der Waals surface area contributed by atoms with E-state index in [4.69, 9.17) is 51.1 Å². The van der Waals surface area contributed by atoms with Crippen molar-refractivity contribution in [1.82, 2.24) is 0 Å². The molecule has 0 saturated heterocycles. The molecule has 2 aromatic carbocycles. The fraction of sp³-hybridized carbons (Fsp3) is 0.357. The lowest BCUT2D eigenvalue weighted by molar-refractivity contribution is -0.121. The second-order valence-electron chi connectivity index (χ2n) is 8.22. The maximum atomic E-state index is 11.9. The molecular weight excluding hydrogens is 467 g/mol. The molecule has 0 saturated carbocycles. The van der Waals surface area contributed by atoms with E-state index in [1.807, 2.05) is 0 Å². The Labute approximate surface area is 226 Å². The molecule has 2 aromatic rings. The summed E-state index contributed by atoms with van der Waals surface area (Å²) in [6, 6.07) is 9.64. The quantitative estimate of drug-likeness (QED) is 0.533. The molecule has 0 heterocycles. The first-order valence-electron chi connectivity index (χ1n) is 16.5. The van der Waals surface area contributed by atoms with Crippen molar-refractivity contribution < 1.29 is 26.0 Å². The summed E-state index contributed by atoms with van der Waals surface area (Å²) in [5.41, 5.74) is 13.3. The van der Waals surface area contributed by atoms with Crippen molar-refractivity contribution in [3.05, 3.63) is 79.8 Å². The van der Waals surface area contributed by atoms with Crippen molar-refractivity contribution in [3.8, 4) is 0 Å². The van der Waals surface area contributed by atoms with E-state index in [1.165, 1.54) is 12.1 Å². The van der Waals surface area contributed by atoms with Crippen LogP contribution in [-0.2, 0) is 22.4 Å². The van der Waals surface area contributed by atoms with Crippen molar-refractivity contribution >= 4 is 46.2 Å². The van der Waals surface area contributed by atoms with Gasteiger partial charge in [-0.25, -0.2) is 0 Å². The average molecular weight is 508 g/mol. The summed E-state index contributed by atoms with van der Waals surface area (Å²) in [4.78, 5) is 23.7. The molecule has 2 atom stereocenters. The van der Waals surface area contributed by atoms with Gasteiger partial charge in [0, 0.05) is 26.5 Å². The van der Waals surface area contributed by atoms with Crippen LogP contribution in [0.1, 0.15) is 76.9 Å². The highest BCUT2D eigenvalue weighted by Gasteiger charge is 2.34. The molecule has 4 N–H and O–H groups in total. The van der Waals surface area contributed by atoms with Crippen LogP contribution < -0.4 is 11.5 Å². The molecule has 0 aliphatic heterocycles. The minimum absolute atomic E-state index is 0.000995. The molecule has 4 nitrogen and oxygen atoms in total. The van der Waals surface area contributed by atoms with Crippen molar-refractivity contribution in [3.63, 3.8) is 0 Å². The Kier molecular flexibility index (Phi) is 3.52. The normalized spacial score (nSPS) is 36.4. The summed E-state index contributed by atoms with van der Waals surface area (Å²) < 4.78 is 97.4. The summed E-state index contributed by atoms with van der Waals surface area (Å²) in [6.07, 6.45) is -16.3. The van der Waals surface area contributed by atoms with E-state index >= 15 is 0 Å². The predicted molar refractivity (Wildman–Crippen MR) is 137 cm³/mol. The minimum atomic E-state index is -2.93. The second kappa shape index (κ2) is 9.24. The second-order valence-corrected chi connectivity index (χ2v) is 9.09. The highest BCUT2D eigenvalue weighted by Crippen LogP contribution is 2.46. The Morgan fingerprint density at radius 2 is 1.18 bits per heavy atom. The molecule has 0 unspecified atom stereocenters. The number of hydrogen-bond donors (Lipinski definition) is 2. The zero-order chi connectivity index (χ0) is 34.7. The van der Waals surface area contributed by atoms with Crippen molar-refractivity contribution in [2.45, 2.75) is 51.1 Å². The van der Waals surface area contributed by atoms with Crippen molar-refractivity contribution in [2.24, 2.45) is 23.3 Å². The molecule has 0 spiro atoms. The van der Waals surface area contributed by atoms with E-state index in [-0.39, 0.29) is 35.1 Å². The molecule has 34 heavy (non-hydrogen) atoms. The number of benzene rings is 2. The van der Waals surface area contributed by atoms with Crippen LogP contribution in [0.5, 0.6) is 0 Å². The molecule has 4 aliphatic carbocycles. The fourth-order valence-electron chi connectivity index (χ4n) is 4.59. The number of rotatable bonds is 2. The molecular formula is C28H28Cl2N2O2. The van der Waals surface area contributed by atoms with Crippen molar-refractivity contribution in [2.75, 3.05) is 0 Å². The van der Waals surface area contributed by atoms with Crippen LogP contribution in [0.2, 0.25) is 10.0 Å². The highest BCUT2D eigenvalue weighted by atomic mass is 35.5. The molecule has 2 amide bonds. The van der Waals surface area contributed by atoms with Gasteiger partial charge in [0.1, 0.15) is 0 Å². The lowest BCUT2D eigenvalue weighted by Gasteiger charge is -2.22. The van der Waals surface area contributed by atoms with Crippen LogP contribution in [-0.4, -0.2) is 11.8 Å². The third kappa shape index (κ3) is 4.18. The minimum Gasteiger partial charge on any atom is -0.369 e. The van der Waals surface area contributed by atoms with Crippen LogP contribution in [0.15, 0.2) is 47.5 Å². The topological polar surface area (TPSA) is 86.2 Å². The number of allylic oxidation sites excluding steroid dienone is 2. The number of nitrogens with two attached hydrogens (primary N) is 2. The third-order valence-corrected chi connectivity index (χ3v) is 6.63. The van der Waals surface area contributed by atoms with Gasteiger partial charge in [0.05, 0.1) is 11.8 Å². The number of hydrogen-bond acceptors (Lipinski definition) is 2. The lowest BCUT2D eigenvalue weighted by Crippen LogP contribution is -2.27. The zero-order valence-corrected chi connectivity index (χ0v) is 19.3. The van der Waals surface area contributed by atoms with Gasteiger partial charge in [0.15, 0.2) is 0 Å². The van der Waals surface area contributed by atoms with Gasteiger partial charge in [0.25, 0.3) is 0 Å². The van der Waals surface area contributed by atoms with E-state index in [1.54, 1.807) is 24.3 Å². The SMILES string of the molecule is [2H]C1([2H])C2=C(Cc3ccc(Cl)cc32)[C@@H](C(N)=O)C([2H])([2H])C1([2H])[2H].[2H]C1([2H])C2=C(Cc3ccc(Cl)cc32)[C@H](C(N)=O)C([2H])([2H])C1([2H])[2H]. The first-order valence-corrected chi connectivity index (χ1v) is 11.2. The number of amides is 2. The van der Waals surface area contributed by atoms with Crippen molar-refractivity contribution in [1.29, 1.82) is 0 Å². The molecule has 6 rings (SSSR count). The van der Waals surface area contributed by atoms with E-state index in [2.05, 4.69) is 0 Å². The summed E-state index contributed by atoms with van der Waals surface area (Å²) in [7, 11) is 0. The van der Waals surface area contributed by atoms with Crippen LogP contribution in [0.3, 0.4) is 0 Å². The summed E-state index contributed by atoms with van der Waals surface area (Å²) in [6.45, 7) is 0. The third-order valence-electron chi connectivity index (χ3n) is 6.16. The monoisotopic (exact) mass is 506 g/mol. The Bertz CT molecular complexity index is 1640. The summed E-state index contributed by atoms with van der Waals surface area (Å²) >= 11 is 11.9. The first-order chi connectivity index (χ1) is 20.9. The Balaban J connectivity index is 0.000000181. The molecule has 4 aliphatic rings. The van der Waals surface area contributed by atoms with E-state index in [0.29, 0.717) is 32.3 Å². The van der Waals surface area contributed by atoms with Gasteiger partial charge in [-0.2, -0.15) is 0 Å². The maximum absolute atomic E-state index is 11.9. The van der Waals surface area contributed by atoms with E-state index < -0.39 is 61.9 Å². The molecule has 6 heteroatoms. The number of primary amides is 2. The molecule has 0 bridgehead atoms. The summed E-state index contributed by atoms with van der Waals surface area (Å²) in [5.74, 6) is -5.05. The van der Waals surface area contributed by atoms with Crippen LogP contribution in [0, 0.1) is 11.8 Å². The Hall–Kier alpha value is -2.56. The van der Waals surface area contributed by atoms with Gasteiger partial charge in [-0.15, -0.1) is 0 Å². The molecule has 0 fully saturated rings. The van der Waals surface area contributed by atoms with Gasteiger partial charge in [0.2, 0.25) is 11.8 Å². The number of fused-ring (bicyclic) bond motifs is 4. The number of carbonyl (C=O) groups excluding carboxylic acids is 2. The molecule has 176 valence electrons. The molecule has 0 radical (unpaired) electrons. The fourth-order valence-corrected chi connectivity index (χ4v) is 4.94. The zero-order valence-electron chi connectivity index (χ0n) is 29.8. The average Bonchev–Trinajstić information content (AvgIpc) is 3.45. The van der Waals surface area contributed by atoms with Gasteiger partial charge < -0.3 is 11.5 Å². The van der Waals surface area contributed by atoms with Crippen LogP contribution in [0.4, 0.5) is 0 Å². The standard InChI is InChI=1S/2C14H14ClNO/c2*15-9-5-4-8-6-13-10(12(8)7-9)2-1-3-11(13)14(16)17/h2*4-5,7,11H,1-3,6H2,(H2,16,17)/t2*11-/m10/s1/i2*1D2,2D2,3D2. The van der Waals surface area contributed by atoms with E-state index in [0.717, 1.165) is 0 Å². The molecule has 0 aromatic heterocycles. The summed E-state index contributed by atoms with van der Waals surface area (Å²) in [5, 5.41) is 0.719. The predicted octanol–water partition coefficient (Wildman–Crippen LogP) is 5.87. The Morgan fingerprint density at radius 3 is 1.56 bits per heavy atom. The van der Waals surface area contributed by atoms with E-state index in [9.17, 15) is 9.59 Å². The number of carbonyl (C=O) groups is 2. The van der Waals surface area contributed by atoms with Gasteiger partial charge in [-0.1, -0.05) is 35.3 Å². The van der Waals surface area contributed by atoms with Gasteiger partial charge >= 0.3 is 0 Å². The number of halogens is 2.